The highest BCUT2D eigenvalue weighted by atomic mass is 35.5. The fourth-order valence-corrected chi connectivity index (χ4v) is 3.50. The normalized spacial score (nSPS) is 16.5. The molecule has 2 heterocycles. The van der Waals surface area contributed by atoms with Gasteiger partial charge >= 0.3 is 0 Å². The van der Waals surface area contributed by atoms with Gasteiger partial charge in [0.15, 0.2) is 0 Å². The topological polar surface area (TPSA) is 33.1 Å². The van der Waals surface area contributed by atoms with Crippen LogP contribution in [0.1, 0.15) is 24.5 Å². The van der Waals surface area contributed by atoms with Gasteiger partial charge < -0.3 is 14.8 Å². The second kappa shape index (κ2) is 6.61. The van der Waals surface area contributed by atoms with E-state index in [0.717, 1.165) is 35.5 Å². The van der Waals surface area contributed by atoms with Gasteiger partial charge in [-0.2, -0.15) is 0 Å². The largest absolute Gasteiger partial charge is 0.366 e. The van der Waals surface area contributed by atoms with Crippen LogP contribution in [0.4, 0.5) is 8.78 Å². The Morgan fingerprint density at radius 3 is 2.85 bits per heavy atom. The Bertz CT molecular complexity index is 999. The third-order valence-corrected chi connectivity index (χ3v) is 4.77. The summed E-state index contributed by atoms with van der Waals surface area (Å²) in [6, 6.07) is 9.06. The molecule has 7 heteroatoms. The van der Waals surface area contributed by atoms with Gasteiger partial charge in [0.1, 0.15) is 23.6 Å². The molecule has 4 nitrogen and oxygen atoms in total. The Morgan fingerprint density at radius 2 is 2.04 bits per heavy atom. The molecule has 0 amide bonds. The molecule has 4 rings (SSSR count). The zero-order valence-electron chi connectivity index (χ0n) is 14.1. The summed E-state index contributed by atoms with van der Waals surface area (Å²) in [4.78, 5) is 6.59. The minimum absolute atomic E-state index is 0.261. The predicted octanol–water partition coefficient (Wildman–Crippen LogP) is 4.56. The molecule has 0 spiro atoms. The monoisotopic (exact) mass is 374 g/mol. The van der Waals surface area contributed by atoms with Gasteiger partial charge in [0, 0.05) is 29.5 Å². The number of nitrogens with one attached hydrogen (secondary N) is 1. The van der Waals surface area contributed by atoms with Gasteiger partial charge in [0.05, 0.1) is 17.6 Å². The van der Waals surface area contributed by atoms with Crippen molar-refractivity contribution in [3.63, 3.8) is 0 Å². The van der Waals surface area contributed by atoms with Crippen molar-refractivity contribution in [1.82, 2.24) is 19.8 Å². The quantitative estimate of drug-likeness (QED) is 0.726. The van der Waals surface area contributed by atoms with Gasteiger partial charge in [-0.3, -0.25) is 0 Å². The molecule has 0 bridgehead atoms. The zero-order valence-corrected chi connectivity index (χ0v) is 14.8. The van der Waals surface area contributed by atoms with Crippen LogP contribution < -0.4 is 5.32 Å². The number of benzene rings is 2. The van der Waals surface area contributed by atoms with Gasteiger partial charge in [-0.05, 0) is 43.3 Å². The number of hydrogen-bond donors (Lipinski definition) is 1. The first-order valence-corrected chi connectivity index (χ1v) is 8.72. The van der Waals surface area contributed by atoms with Gasteiger partial charge in [-0.25, -0.2) is 13.8 Å². The molecular weight excluding hydrogens is 358 g/mol. The molecule has 3 aromatic rings. The lowest BCUT2D eigenvalue weighted by molar-refractivity contribution is 0.260. The van der Waals surface area contributed by atoms with E-state index >= 15 is 0 Å². The summed E-state index contributed by atoms with van der Waals surface area (Å²) in [6.45, 7) is 3.22. The average Bonchev–Trinajstić information content (AvgIpc) is 3.21. The Hall–Kier alpha value is -2.60. The van der Waals surface area contributed by atoms with Crippen molar-refractivity contribution in [2.24, 2.45) is 0 Å². The lowest BCUT2D eigenvalue weighted by Crippen LogP contribution is -2.28. The van der Waals surface area contributed by atoms with Crippen LogP contribution in [0.15, 0.2) is 48.8 Å². The number of rotatable bonds is 4. The molecule has 0 aliphatic carbocycles. The predicted molar refractivity (Wildman–Crippen MR) is 97.3 cm³/mol. The lowest BCUT2D eigenvalue weighted by atomic mass is 10.1. The number of imidazole rings is 1. The second-order valence-corrected chi connectivity index (χ2v) is 6.56. The van der Waals surface area contributed by atoms with Gasteiger partial charge in [0.25, 0.3) is 0 Å². The van der Waals surface area contributed by atoms with Crippen LogP contribution in [0.25, 0.3) is 11.0 Å². The Balaban J connectivity index is 1.69. The molecule has 0 saturated heterocycles. The zero-order chi connectivity index (χ0) is 18.3. The molecule has 2 aromatic carbocycles. The summed E-state index contributed by atoms with van der Waals surface area (Å²) in [5.41, 5.74) is 2.08. The number of halogens is 3. The van der Waals surface area contributed by atoms with Crippen LogP contribution >= 0.6 is 11.6 Å². The van der Waals surface area contributed by atoms with E-state index in [-0.39, 0.29) is 5.56 Å². The van der Waals surface area contributed by atoms with Crippen molar-refractivity contribution in [2.75, 3.05) is 0 Å². The van der Waals surface area contributed by atoms with Gasteiger partial charge in [-0.1, -0.05) is 11.6 Å². The molecule has 1 aliphatic heterocycles. The highest BCUT2D eigenvalue weighted by Crippen LogP contribution is 2.28. The van der Waals surface area contributed by atoms with Crippen LogP contribution in [0.3, 0.4) is 0 Å². The van der Waals surface area contributed by atoms with Crippen molar-refractivity contribution < 1.29 is 8.78 Å². The number of nitrogens with zero attached hydrogens (tertiary/aromatic N) is 3. The van der Waals surface area contributed by atoms with E-state index in [2.05, 4.69) is 14.9 Å². The minimum Gasteiger partial charge on any atom is -0.366 e. The fourth-order valence-electron chi connectivity index (χ4n) is 3.33. The van der Waals surface area contributed by atoms with Crippen LogP contribution in [0.2, 0.25) is 5.02 Å². The Labute approximate surface area is 154 Å². The maximum Gasteiger partial charge on any atom is 0.130 e. The molecule has 134 valence electrons. The fraction of sp³-hybridized carbons (Fsp3) is 0.211. The van der Waals surface area contributed by atoms with Crippen LogP contribution in [-0.2, 0) is 13.1 Å². The molecule has 1 aliphatic rings. The van der Waals surface area contributed by atoms with Crippen molar-refractivity contribution in [2.45, 2.75) is 26.2 Å². The molecule has 26 heavy (non-hydrogen) atoms. The lowest BCUT2D eigenvalue weighted by Gasteiger charge is -2.26. The van der Waals surface area contributed by atoms with E-state index in [1.807, 2.05) is 36.2 Å². The summed E-state index contributed by atoms with van der Waals surface area (Å²) < 4.78 is 29.9. The van der Waals surface area contributed by atoms with Crippen molar-refractivity contribution in [3.05, 3.63) is 76.8 Å². The first-order valence-electron chi connectivity index (χ1n) is 8.35. The number of aromatic nitrogens is 2. The maximum absolute atomic E-state index is 14.2. The highest BCUT2D eigenvalue weighted by molar-refractivity contribution is 6.31. The summed E-state index contributed by atoms with van der Waals surface area (Å²) in [5, 5.41) is 3.73. The Kier molecular flexibility index (Phi) is 4.28. The van der Waals surface area contributed by atoms with Crippen LogP contribution in [0.5, 0.6) is 0 Å². The van der Waals surface area contributed by atoms with Crippen molar-refractivity contribution in [3.8, 4) is 0 Å². The highest BCUT2D eigenvalue weighted by Gasteiger charge is 2.25. The summed E-state index contributed by atoms with van der Waals surface area (Å²) >= 11 is 6.11. The first kappa shape index (κ1) is 16.8. The smallest absolute Gasteiger partial charge is 0.130 e. The van der Waals surface area contributed by atoms with E-state index in [1.54, 1.807) is 6.20 Å². The van der Waals surface area contributed by atoms with E-state index < -0.39 is 17.8 Å². The second-order valence-electron chi connectivity index (χ2n) is 6.13. The van der Waals surface area contributed by atoms with E-state index in [9.17, 15) is 8.78 Å². The molecule has 1 N–H and O–H groups in total. The van der Waals surface area contributed by atoms with Crippen LogP contribution in [0, 0.1) is 11.6 Å². The summed E-state index contributed by atoms with van der Waals surface area (Å²) in [7, 11) is 0. The molecule has 1 aromatic heterocycles. The van der Waals surface area contributed by atoms with Gasteiger partial charge in [-0.15, -0.1) is 0 Å². The SMILES string of the molecule is CCn1c(CN2C=CNC2c2cc(F)ccc2F)nc2ccc(Cl)cc21. The molecule has 0 saturated carbocycles. The van der Waals surface area contributed by atoms with Gasteiger partial charge in [0.2, 0.25) is 0 Å². The molecular formula is C19H17ClF2N4. The number of fused-ring (bicyclic) bond motifs is 1. The van der Waals surface area contributed by atoms with Crippen molar-refractivity contribution in [1.29, 1.82) is 0 Å². The minimum atomic E-state index is -0.487. The molecule has 1 atom stereocenters. The van der Waals surface area contributed by atoms with E-state index in [0.29, 0.717) is 11.6 Å². The number of aryl methyl sites for hydroxylation is 1. The molecule has 0 radical (unpaired) electrons. The first-order chi connectivity index (χ1) is 12.6. The third kappa shape index (κ3) is 2.90. The maximum atomic E-state index is 14.2. The van der Waals surface area contributed by atoms with Crippen molar-refractivity contribution >= 4 is 22.6 Å². The summed E-state index contributed by atoms with van der Waals surface area (Å²) in [5.74, 6) is -0.0845. The van der Waals surface area contributed by atoms with E-state index in [4.69, 9.17) is 11.6 Å². The number of hydrogen-bond acceptors (Lipinski definition) is 3. The Morgan fingerprint density at radius 1 is 1.19 bits per heavy atom. The van der Waals surface area contributed by atoms with E-state index in [1.165, 1.54) is 6.07 Å². The standard InChI is InChI=1S/C19H17ClF2N4/c1-2-26-17-9-12(20)3-6-16(17)24-18(26)11-25-8-7-23-19(25)14-10-13(21)4-5-15(14)22/h3-10,19,23H,2,11H2,1H3. The molecule has 0 fully saturated rings. The molecule has 1 unspecified atom stereocenters. The van der Waals surface area contributed by atoms with Crippen LogP contribution in [-0.4, -0.2) is 14.5 Å². The summed E-state index contributed by atoms with van der Waals surface area (Å²) in [6.07, 6.45) is 3.06. The third-order valence-electron chi connectivity index (χ3n) is 4.53. The average molecular weight is 375 g/mol.